The Balaban J connectivity index is 1.66. The summed E-state index contributed by atoms with van der Waals surface area (Å²) in [6.07, 6.45) is 0.949. The van der Waals surface area contributed by atoms with Gasteiger partial charge in [0.1, 0.15) is 0 Å². The van der Waals surface area contributed by atoms with Crippen LogP contribution in [0, 0.1) is 0 Å². The quantitative estimate of drug-likeness (QED) is 0.651. The van der Waals surface area contributed by atoms with E-state index in [1.165, 1.54) is 11.6 Å². The molecule has 0 saturated heterocycles. The summed E-state index contributed by atoms with van der Waals surface area (Å²) < 4.78 is 6.60. The predicted octanol–water partition coefficient (Wildman–Crippen LogP) is 2.27. The molecule has 1 heterocycles. The maximum absolute atomic E-state index is 12.9. The number of ether oxygens (including phenoxy) is 1. The van der Waals surface area contributed by atoms with Gasteiger partial charge in [-0.25, -0.2) is 9.48 Å². The molecule has 7 nitrogen and oxygen atoms in total. The molecule has 0 spiro atoms. The first-order valence-corrected chi connectivity index (χ1v) is 9.58. The van der Waals surface area contributed by atoms with E-state index in [-0.39, 0.29) is 29.7 Å². The number of carbonyl (C=O) groups is 2. The number of hydrogen-bond acceptors (Lipinski definition) is 5. The van der Waals surface area contributed by atoms with E-state index in [1.807, 2.05) is 30.3 Å². The van der Waals surface area contributed by atoms with Crippen molar-refractivity contribution in [3.8, 4) is 0 Å². The number of aromatic nitrogens is 2. The van der Waals surface area contributed by atoms with Crippen LogP contribution in [0.25, 0.3) is 10.8 Å². The number of amides is 1. The number of rotatable bonds is 6. The summed E-state index contributed by atoms with van der Waals surface area (Å²) >= 11 is 0. The lowest BCUT2D eigenvalue weighted by molar-refractivity contribution is -0.129. The first-order valence-electron chi connectivity index (χ1n) is 9.58. The molecule has 1 aromatic heterocycles. The van der Waals surface area contributed by atoms with Crippen molar-refractivity contribution < 1.29 is 14.3 Å². The number of fused-ring (bicyclic) bond motifs is 1. The van der Waals surface area contributed by atoms with Gasteiger partial charge in [-0.15, -0.1) is 0 Å². The Morgan fingerprint density at radius 1 is 1.10 bits per heavy atom. The molecule has 0 bridgehead atoms. The van der Waals surface area contributed by atoms with E-state index in [4.69, 9.17) is 4.74 Å². The lowest BCUT2D eigenvalue weighted by Crippen LogP contribution is -2.37. The maximum atomic E-state index is 12.9. The Kier molecular flexibility index (Phi) is 5.12. The molecule has 0 aliphatic heterocycles. The molecule has 1 amide bonds. The first-order chi connectivity index (χ1) is 14.0. The average molecular weight is 391 g/mol. The van der Waals surface area contributed by atoms with Gasteiger partial charge < -0.3 is 10.1 Å². The summed E-state index contributed by atoms with van der Waals surface area (Å²) in [6.45, 7) is 1.75. The second-order valence-corrected chi connectivity index (χ2v) is 7.17. The normalized spacial score (nSPS) is 14.4. The van der Waals surface area contributed by atoms with Crippen molar-refractivity contribution in [3.63, 3.8) is 0 Å². The number of nitrogens with one attached hydrogen (secondary N) is 1. The Morgan fingerprint density at radius 2 is 1.76 bits per heavy atom. The standard InChI is InChI=1S/C22H21N3O4/c1-14(20(26)23-16-11-12-16)29-22(28)19-17-9-5-6-10-18(17)21(27)25(24-19)13-15-7-3-2-4-8-15/h2-10,14,16H,11-13H2,1H3,(H,23,26)/t14-/m0/s1. The van der Waals surface area contributed by atoms with Gasteiger partial charge in [-0.1, -0.05) is 48.5 Å². The van der Waals surface area contributed by atoms with Crippen LogP contribution in [0.15, 0.2) is 59.4 Å². The third-order valence-electron chi connectivity index (χ3n) is 4.81. The van der Waals surface area contributed by atoms with Gasteiger partial charge in [-0.3, -0.25) is 9.59 Å². The molecule has 1 aliphatic rings. The van der Waals surface area contributed by atoms with E-state index in [1.54, 1.807) is 24.3 Å². The molecule has 1 aliphatic carbocycles. The van der Waals surface area contributed by atoms with Crippen LogP contribution in [-0.2, 0) is 16.1 Å². The first kappa shape index (κ1) is 18.9. The molecule has 29 heavy (non-hydrogen) atoms. The highest BCUT2D eigenvalue weighted by Crippen LogP contribution is 2.19. The van der Waals surface area contributed by atoms with Gasteiger partial charge in [0, 0.05) is 11.4 Å². The third kappa shape index (κ3) is 4.18. The van der Waals surface area contributed by atoms with Gasteiger partial charge >= 0.3 is 5.97 Å². The van der Waals surface area contributed by atoms with Crippen LogP contribution < -0.4 is 10.9 Å². The zero-order chi connectivity index (χ0) is 20.4. The van der Waals surface area contributed by atoms with Gasteiger partial charge in [0.2, 0.25) is 0 Å². The van der Waals surface area contributed by atoms with Crippen LogP contribution in [-0.4, -0.2) is 33.8 Å². The molecule has 0 unspecified atom stereocenters. The fraction of sp³-hybridized carbons (Fsp3) is 0.273. The van der Waals surface area contributed by atoms with Gasteiger partial charge in [0.25, 0.3) is 11.5 Å². The fourth-order valence-electron chi connectivity index (χ4n) is 3.07. The zero-order valence-electron chi connectivity index (χ0n) is 16.0. The van der Waals surface area contributed by atoms with Crippen LogP contribution >= 0.6 is 0 Å². The summed E-state index contributed by atoms with van der Waals surface area (Å²) in [6, 6.07) is 16.3. The van der Waals surface area contributed by atoms with E-state index in [2.05, 4.69) is 10.4 Å². The fourth-order valence-corrected chi connectivity index (χ4v) is 3.07. The summed E-state index contributed by atoms with van der Waals surface area (Å²) in [5, 5.41) is 7.87. The second-order valence-electron chi connectivity index (χ2n) is 7.17. The molecule has 1 N–H and O–H groups in total. The second kappa shape index (κ2) is 7.87. The summed E-state index contributed by atoms with van der Waals surface area (Å²) in [7, 11) is 0. The lowest BCUT2D eigenvalue weighted by Gasteiger charge is -2.15. The van der Waals surface area contributed by atoms with Crippen molar-refractivity contribution in [2.75, 3.05) is 0 Å². The van der Waals surface area contributed by atoms with E-state index >= 15 is 0 Å². The van der Waals surface area contributed by atoms with Crippen LogP contribution in [0.3, 0.4) is 0 Å². The Hall–Kier alpha value is -3.48. The lowest BCUT2D eigenvalue weighted by atomic mass is 10.1. The smallest absolute Gasteiger partial charge is 0.360 e. The Bertz CT molecular complexity index is 1120. The summed E-state index contributed by atoms with van der Waals surface area (Å²) in [5.41, 5.74) is 0.608. The van der Waals surface area contributed by atoms with Crippen LogP contribution in [0.5, 0.6) is 0 Å². The molecule has 4 rings (SSSR count). The number of carbonyl (C=O) groups excluding carboxylic acids is 2. The zero-order valence-corrected chi connectivity index (χ0v) is 16.0. The van der Waals surface area contributed by atoms with Crippen molar-refractivity contribution >= 4 is 22.6 Å². The molecular formula is C22H21N3O4. The summed E-state index contributed by atoms with van der Waals surface area (Å²) in [5.74, 6) is -1.07. The maximum Gasteiger partial charge on any atom is 0.360 e. The highest BCUT2D eigenvalue weighted by molar-refractivity contribution is 6.02. The Labute approximate surface area is 167 Å². The van der Waals surface area contributed by atoms with Crippen molar-refractivity contribution in [1.82, 2.24) is 15.1 Å². The SMILES string of the molecule is C[C@H](OC(=O)c1nn(Cc2ccccc2)c(=O)c2ccccc12)C(=O)NC1CC1. The van der Waals surface area contributed by atoms with Gasteiger partial charge in [0.05, 0.1) is 11.9 Å². The topological polar surface area (TPSA) is 90.3 Å². The minimum Gasteiger partial charge on any atom is -0.448 e. The van der Waals surface area contributed by atoms with Gasteiger partial charge in [0.15, 0.2) is 11.8 Å². The van der Waals surface area contributed by atoms with E-state index < -0.39 is 12.1 Å². The minimum absolute atomic E-state index is 0.0159. The van der Waals surface area contributed by atoms with Crippen LogP contribution in [0.2, 0.25) is 0 Å². The van der Waals surface area contributed by atoms with Crippen LogP contribution in [0.1, 0.15) is 35.8 Å². The number of benzene rings is 2. The van der Waals surface area contributed by atoms with Gasteiger partial charge in [-0.2, -0.15) is 5.10 Å². The molecule has 2 aromatic carbocycles. The van der Waals surface area contributed by atoms with Crippen molar-refractivity contribution in [3.05, 3.63) is 76.2 Å². The molecule has 148 valence electrons. The van der Waals surface area contributed by atoms with Crippen LogP contribution in [0.4, 0.5) is 0 Å². The molecule has 0 radical (unpaired) electrons. The minimum atomic E-state index is -0.946. The molecule has 1 atom stereocenters. The highest BCUT2D eigenvalue weighted by atomic mass is 16.5. The molecule has 3 aromatic rings. The van der Waals surface area contributed by atoms with Crippen molar-refractivity contribution in [2.45, 2.75) is 38.5 Å². The van der Waals surface area contributed by atoms with E-state index in [9.17, 15) is 14.4 Å². The molecule has 7 heteroatoms. The largest absolute Gasteiger partial charge is 0.448 e. The molecular weight excluding hydrogens is 370 g/mol. The molecule has 1 saturated carbocycles. The van der Waals surface area contributed by atoms with Gasteiger partial charge in [-0.05, 0) is 31.4 Å². The van der Waals surface area contributed by atoms with E-state index in [0.717, 1.165) is 18.4 Å². The Morgan fingerprint density at radius 3 is 2.45 bits per heavy atom. The number of nitrogens with zero attached hydrogens (tertiary/aromatic N) is 2. The van der Waals surface area contributed by atoms with Crippen molar-refractivity contribution in [2.24, 2.45) is 0 Å². The predicted molar refractivity (Wildman–Crippen MR) is 108 cm³/mol. The monoisotopic (exact) mass is 391 g/mol. The van der Waals surface area contributed by atoms with E-state index in [0.29, 0.717) is 10.8 Å². The summed E-state index contributed by atoms with van der Waals surface area (Å²) in [4.78, 5) is 37.8. The van der Waals surface area contributed by atoms with Crippen molar-refractivity contribution in [1.29, 1.82) is 0 Å². The molecule has 1 fully saturated rings. The third-order valence-corrected chi connectivity index (χ3v) is 4.81. The number of esters is 1. The highest BCUT2D eigenvalue weighted by Gasteiger charge is 2.28. The number of hydrogen-bond donors (Lipinski definition) is 1. The average Bonchev–Trinajstić information content (AvgIpc) is 3.54.